The van der Waals surface area contributed by atoms with Crippen molar-refractivity contribution in [2.24, 2.45) is 4.99 Å². The Bertz CT molecular complexity index is 1070. The molecule has 0 unspecified atom stereocenters. The van der Waals surface area contributed by atoms with E-state index in [4.69, 9.17) is 4.99 Å². The number of aromatic nitrogens is 1. The highest BCUT2D eigenvalue weighted by molar-refractivity contribution is 6.73. The third-order valence-electron chi connectivity index (χ3n) is 4.69. The molecule has 0 saturated carbocycles. The van der Waals surface area contributed by atoms with Crippen LogP contribution < -0.4 is 5.43 Å². The lowest BCUT2D eigenvalue weighted by Gasteiger charge is -2.28. The smallest absolute Gasteiger partial charge is 0.271 e. The standard InChI is InChI=1S/C22H18BN5/c1-2-7-19-15-26-28-21(23(16-24)13-17-8-6-11-25-14-17)12-20(27-22(19)28)18-9-4-3-5-10-18/h3-6,8-12,14,26H,13,15H2,1H3. The van der Waals surface area contributed by atoms with Gasteiger partial charge in [-0.2, -0.15) is 0 Å². The third-order valence-corrected chi connectivity index (χ3v) is 4.69. The third kappa shape index (κ3) is 3.46. The van der Waals surface area contributed by atoms with Crippen LogP contribution in [0, 0.1) is 23.1 Å². The summed E-state index contributed by atoms with van der Waals surface area (Å²) in [6.45, 7) is 2.08. The lowest BCUT2D eigenvalue weighted by Crippen LogP contribution is -2.40. The molecule has 0 bridgehead atoms. The molecule has 3 heterocycles. The maximum atomic E-state index is 9.94. The Kier molecular flexibility index (Phi) is 5.06. The van der Waals surface area contributed by atoms with Gasteiger partial charge in [-0.3, -0.25) is 9.99 Å². The number of hydrazine groups is 1. The number of nitrogens with zero attached hydrogens (tertiary/aromatic N) is 4. The van der Waals surface area contributed by atoms with Crippen molar-refractivity contribution in [1.29, 1.82) is 5.26 Å². The highest BCUT2D eigenvalue weighted by Crippen LogP contribution is 2.28. The summed E-state index contributed by atoms with van der Waals surface area (Å²) in [5.41, 5.74) is 8.02. The molecule has 4 rings (SSSR count). The maximum Gasteiger partial charge on any atom is 0.325 e. The second kappa shape index (κ2) is 7.96. The Morgan fingerprint density at radius 2 is 2.07 bits per heavy atom. The summed E-state index contributed by atoms with van der Waals surface area (Å²) in [6, 6.07) is 13.9. The minimum absolute atomic E-state index is 0.338. The molecule has 2 aliphatic rings. The van der Waals surface area contributed by atoms with Gasteiger partial charge in [0.25, 0.3) is 0 Å². The topological polar surface area (TPSA) is 64.3 Å². The Balaban J connectivity index is 1.78. The molecule has 1 aromatic carbocycles. The van der Waals surface area contributed by atoms with E-state index in [1.807, 2.05) is 66.7 Å². The minimum atomic E-state index is -0.338. The Labute approximate surface area is 165 Å². The highest BCUT2D eigenvalue weighted by Gasteiger charge is 2.34. The molecule has 134 valence electrons. The molecular weight excluding hydrogens is 345 g/mol. The molecule has 0 aliphatic carbocycles. The molecule has 2 aromatic rings. The maximum absolute atomic E-state index is 9.94. The summed E-state index contributed by atoms with van der Waals surface area (Å²) >= 11 is 0. The van der Waals surface area contributed by atoms with E-state index in [1.165, 1.54) is 0 Å². The van der Waals surface area contributed by atoms with Gasteiger partial charge in [0.05, 0.1) is 17.8 Å². The van der Waals surface area contributed by atoms with Crippen LogP contribution in [-0.4, -0.2) is 29.0 Å². The number of hydrogen-bond acceptors (Lipinski definition) is 5. The van der Waals surface area contributed by atoms with E-state index in [0.717, 1.165) is 33.8 Å². The molecular formula is C22H18BN5. The molecule has 0 radical (unpaired) electrons. The van der Waals surface area contributed by atoms with E-state index in [9.17, 15) is 5.26 Å². The van der Waals surface area contributed by atoms with Crippen LogP contribution in [0.5, 0.6) is 0 Å². The number of rotatable bonds is 4. The number of aliphatic imine (C=N–C) groups is 1. The first-order valence-corrected chi connectivity index (χ1v) is 9.14. The van der Waals surface area contributed by atoms with E-state index in [2.05, 4.69) is 28.2 Å². The summed E-state index contributed by atoms with van der Waals surface area (Å²) in [5.74, 6) is 9.34. The number of pyridine rings is 1. The van der Waals surface area contributed by atoms with Crippen LogP contribution in [0.15, 0.2) is 82.9 Å². The van der Waals surface area contributed by atoms with Crippen molar-refractivity contribution in [3.63, 3.8) is 0 Å². The predicted molar refractivity (Wildman–Crippen MR) is 111 cm³/mol. The van der Waals surface area contributed by atoms with Gasteiger partial charge < -0.3 is 0 Å². The van der Waals surface area contributed by atoms with Crippen LogP contribution in [0.1, 0.15) is 18.1 Å². The van der Waals surface area contributed by atoms with Crippen LogP contribution in [-0.2, 0) is 6.32 Å². The first-order chi connectivity index (χ1) is 13.8. The Morgan fingerprint density at radius 1 is 1.21 bits per heavy atom. The average Bonchev–Trinajstić information content (AvgIpc) is 3.16. The lowest BCUT2D eigenvalue weighted by molar-refractivity contribution is 0.368. The summed E-state index contributed by atoms with van der Waals surface area (Å²) < 4.78 is 0. The Morgan fingerprint density at radius 3 is 2.79 bits per heavy atom. The number of hydrogen-bond donors (Lipinski definition) is 1. The molecule has 2 aliphatic heterocycles. The number of nitrogens with one attached hydrogen (secondary N) is 1. The van der Waals surface area contributed by atoms with Gasteiger partial charge >= 0.3 is 6.71 Å². The second-order valence-electron chi connectivity index (χ2n) is 6.53. The van der Waals surface area contributed by atoms with E-state index in [1.54, 1.807) is 6.20 Å². The van der Waals surface area contributed by atoms with Gasteiger partial charge in [0, 0.05) is 29.5 Å². The molecule has 1 N–H and O–H groups in total. The van der Waals surface area contributed by atoms with Gasteiger partial charge in [-0.25, -0.2) is 15.7 Å². The summed E-state index contributed by atoms with van der Waals surface area (Å²) in [4.78, 5) is 9.02. The van der Waals surface area contributed by atoms with Crippen LogP contribution in [0.25, 0.3) is 0 Å². The quantitative estimate of drug-likeness (QED) is 0.670. The highest BCUT2D eigenvalue weighted by atomic mass is 15.6. The molecule has 0 fully saturated rings. The summed E-state index contributed by atoms with van der Waals surface area (Å²) in [7, 11) is 0. The summed E-state index contributed by atoms with van der Waals surface area (Å²) in [5, 5.41) is 11.8. The van der Waals surface area contributed by atoms with Gasteiger partial charge in [0.1, 0.15) is 0 Å². The second-order valence-corrected chi connectivity index (χ2v) is 6.53. The SMILES string of the molecule is CC#CC1=C2N=C(c3ccccc3)C=C(B(C#N)Cc3cccnc3)N2NC1. The predicted octanol–water partition coefficient (Wildman–Crippen LogP) is 2.70. The van der Waals surface area contributed by atoms with Gasteiger partial charge in [0.15, 0.2) is 5.82 Å². The fraction of sp³-hybridized carbons (Fsp3) is 0.136. The van der Waals surface area contributed by atoms with E-state index in [0.29, 0.717) is 12.9 Å². The molecule has 5 nitrogen and oxygen atoms in total. The van der Waals surface area contributed by atoms with Crippen LogP contribution >= 0.6 is 0 Å². The van der Waals surface area contributed by atoms with Crippen molar-refractivity contribution in [3.05, 3.63) is 89.1 Å². The molecule has 0 amide bonds. The minimum Gasteiger partial charge on any atom is -0.271 e. The fourth-order valence-electron chi connectivity index (χ4n) is 3.36. The fourth-order valence-corrected chi connectivity index (χ4v) is 3.36. The van der Waals surface area contributed by atoms with Crippen molar-refractivity contribution < 1.29 is 0 Å². The van der Waals surface area contributed by atoms with E-state index < -0.39 is 0 Å². The van der Waals surface area contributed by atoms with Crippen LogP contribution in [0.3, 0.4) is 0 Å². The summed E-state index contributed by atoms with van der Waals surface area (Å²) in [6.07, 6.45) is 6.13. The van der Waals surface area contributed by atoms with Gasteiger partial charge in [-0.1, -0.05) is 42.3 Å². The molecule has 1 aromatic heterocycles. The first kappa shape index (κ1) is 17.8. The van der Waals surface area contributed by atoms with Gasteiger partial charge in [-0.15, -0.1) is 5.92 Å². The van der Waals surface area contributed by atoms with Crippen molar-refractivity contribution in [2.75, 3.05) is 6.54 Å². The van der Waals surface area contributed by atoms with Crippen molar-refractivity contribution >= 4 is 12.4 Å². The molecule has 0 atom stereocenters. The van der Waals surface area contributed by atoms with Crippen molar-refractivity contribution in [1.82, 2.24) is 15.4 Å². The first-order valence-electron chi connectivity index (χ1n) is 9.14. The van der Waals surface area contributed by atoms with Gasteiger partial charge in [-0.05, 0) is 30.9 Å². The molecule has 28 heavy (non-hydrogen) atoms. The van der Waals surface area contributed by atoms with Crippen molar-refractivity contribution in [2.45, 2.75) is 13.2 Å². The molecule has 6 heteroatoms. The number of nitriles is 1. The monoisotopic (exact) mass is 363 g/mol. The number of benzene rings is 1. The normalized spacial score (nSPS) is 15.1. The van der Waals surface area contributed by atoms with E-state index >= 15 is 0 Å². The lowest BCUT2D eigenvalue weighted by atomic mass is 9.44. The zero-order chi connectivity index (χ0) is 19.3. The zero-order valence-electron chi connectivity index (χ0n) is 15.6. The van der Waals surface area contributed by atoms with Gasteiger partial charge in [0.2, 0.25) is 0 Å². The van der Waals surface area contributed by atoms with Crippen LogP contribution in [0.4, 0.5) is 0 Å². The number of fused-ring (bicyclic) bond motifs is 1. The Hall–Kier alpha value is -3.61. The van der Waals surface area contributed by atoms with Crippen molar-refractivity contribution in [3.8, 4) is 17.8 Å². The van der Waals surface area contributed by atoms with Crippen LogP contribution in [0.2, 0.25) is 0 Å². The average molecular weight is 363 g/mol. The van der Waals surface area contributed by atoms with E-state index in [-0.39, 0.29) is 6.71 Å². The largest absolute Gasteiger partial charge is 0.325 e. The number of allylic oxidation sites excluding steroid dienone is 1. The zero-order valence-corrected chi connectivity index (χ0v) is 15.6. The molecule has 0 saturated heterocycles. The molecule has 0 spiro atoms.